The monoisotopic (exact) mass is 723 g/mol. The van der Waals surface area contributed by atoms with Crippen molar-refractivity contribution in [3.05, 3.63) is 176 Å². The van der Waals surface area contributed by atoms with Crippen LogP contribution in [0.5, 0.6) is 0 Å². The van der Waals surface area contributed by atoms with E-state index in [0.717, 1.165) is 38.6 Å². The normalized spacial score (nSPS) is 11.7. The topological polar surface area (TPSA) is 38.7 Å². The average Bonchev–Trinajstić information content (AvgIpc) is 3.82. The number of hydrogen-bond donors (Lipinski definition) is 0. The summed E-state index contributed by atoms with van der Waals surface area (Å²) in [6, 6.07) is 62.6. The van der Waals surface area contributed by atoms with Gasteiger partial charge in [-0.2, -0.15) is 0 Å². The van der Waals surface area contributed by atoms with Gasteiger partial charge in [0.05, 0.1) is 0 Å². The smallest absolute Gasteiger partial charge is 0.164 e. The summed E-state index contributed by atoms with van der Waals surface area (Å²) in [6.07, 6.45) is 0. The average molecular weight is 724 g/mol. The van der Waals surface area contributed by atoms with Crippen molar-refractivity contribution in [1.29, 1.82) is 0 Å². The zero-order valence-corrected chi connectivity index (χ0v) is 30.5. The van der Waals surface area contributed by atoms with Gasteiger partial charge in [-0.25, -0.2) is 15.0 Å². The van der Waals surface area contributed by atoms with Gasteiger partial charge >= 0.3 is 0 Å². The van der Waals surface area contributed by atoms with E-state index < -0.39 is 0 Å². The van der Waals surface area contributed by atoms with Crippen molar-refractivity contribution in [2.45, 2.75) is 0 Å². The molecule has 0 aliphatic carbocycles. The van der Waals surface area contributed by atoms with Crippen LogP contribution in [0.25, 0.3) is 108 Å². The van der Waals surface area contributed by atoms with Gasteiger partial charge < -0.3 is 0 Å². The first-order valence-electron chi connectivity index (χ1n) is 18.0. The highest BCUT2D eigenvalue weighted by Gasteiger charge is 2.18. The van der Waals surface area contributed by atoms with Crippen LogP contribution in [-0.4, -0.2) is 15.0 Å². The first kappa shape index (κ1) is 31.0. The van der Waals surface area contributed by atoms with E-state index in [9.17, 15) is 0 Å². The highest BCUT2D eigenvalue weighted by molar-refractivity contribution is 7.26. The Morgan fingerprint density at radius 2 is 0.704 bits per heavy atom. The third-order valence-corrected chi connectivity index (χ3v) is 12.6. The Labute approximate surface area is 319 Å². The Morgan fingerprint density at radius 3 is 1.30 bits per heavy atom. The van der Waals surface area contributed by atoms with E-state index in [0.29, 0.717) is 17.5 Å². The third-order valence-electron chi connectivity index (χ3n) is 10.3. The van der Waals surface area contributed by atoms with Crippen molar-refractivity contribution in [1.82, 2.24) is 15.0 Å². The number of hydrogen-bond acceptors (Lipinski definition) is 5. The van der Waals surface area contributed by atoms with Crippen molar-refractivity contribution in [3.8, 4) is 56.4 Å². The zero-order chi connectivity index (χ0) is 35.6. The number of benzene rings is 8. The number of fused-ring (bicyclic) bond motifs is 7. The molecule has 0 unspecified atom stereocenters. The molecule has 0 aliphatic heterocycles. The molecule has 0 fully saturated rings. The van der Waals surface area contributed by atoms with Gasteiger partial charge in [0.25, 0.3) is 0 Å². The predicted octanol–water partition coefficient (Wildman–Crippen LogP) is 14.1. The fraction of sp³-hybridized carbons (Fsp3) is 0. The maximum Gasteiger partial charge on any atom is 0.164 e. The van der Waals surface area contributed by atoms with Crippen molar-refractivity contribution in [2.75, 3.05) is 0 Å². The Hall–Kier alpha value is -6.53. The lowest BCUT2D eigenvalue weighted by molar-refractivity contribution is 1.08. The Bertz CT molecular complexity index is 3070. The maximum absolute atomic E-state index is 5.24. The minimum absolute atomic E-state index is 0.642. The van der Waals surface area contributed by atoms with E-state index in [1.54, 1.807) is 0 Å². The Balaban J connectivity index is 1.10. The first-order valence-corrected chi connectivity index (χ1v) is 19.6. The van der Waals surface area contributed by atoms with Gasteiger partial charge in [0.2, 0.25) is 0 Å². The molecule has 3 aromatic heterocycles. The summed E-state index contributed by atoms with van der Waals surface area (Å²) in [5.74, 6) is 1.94. The van der Waals surface area contributed by atoms with E-state index in [1.807, 2.05) is 22.7 Å². The van der Waals surface area contributed by atoms with Crippen molar-refractivity contribution in [3.63, 3.8) is 0 Å². The Kier molecular flexibility index (Phi) is 7.22. The summed E-state index contributed by atoms with van der Waals surface area (Å²) in [7, 11) is 0. The summed E-state index contributed by atoms with van der Waals surface area (Å²) in [5.41, 5.74) is 7.55. The molecule has 11 aromatic rings. The molecule has 54 heavy (non-hydrogen) atoms. The molecule has 0 saturated carbocycles. The van der Waals surface area contributed by atoms with E-state index in [1.165, 1.54) is 51.5 Å². The number of nitrogens with zero attached hydrogens (tertiary/aromatic N) is 3. The molecule has 0 spiro atoms. The molecule has 3 nitrogen and oxygen atoms in total. The lowest BCUT2D eigenvalue weighted by Crippen LogP contribution is -2.01. The van der Waals surface area contributed by atoms with Gasteiger partial charge in [-0.3, -0.25) is 0 Å². The lowest BCUT2D eigenvalue weighted by atomic mass is 9.97. The van der Waals surface area contributed by atoms with E-state index >= 15 is 0 Å². The maximum atomic E-state index is 5.24. The van der Waals surface area contributed by atoms with Crippen LogP contribution in [0.3, 0.4) is 0 Å². The molecule has 0 radical (unpaired) electrons. The van der Waals surface area contributed by atoms with Crippen LogP contribution < -0.4 is 0 Å². The molecule has 0 saturated heterocycles. The molecule has 252 valence electrons. The minimum Gasteiger partial charge on any atom is -0.208 e. The molecular formula is C49H29N3S2. The van der Waals surface area contributed by atoms with Crippen molar-refractivity contribution >= 4 is 73.8 Å². The summed E-state index contributed by atoms with van der Waals surface area (Å²) >= 11 is 3.68. The standard InChI is InChI=1S/C49H29N3S2/c1-2-18-35-30(12-1)13-9-23-38(35)49-51-47(33-16-7-14-31(28-33)36-21-10-26-43-45(36)39-19-3-5-24-41(39)53-43)50-48(52-49)34-17-8-15-32(29-34)37-22-11-27-44-46(37)40-20-4-6-25-42(40)54-44/h1-29H. The first-order chi connectivity index (χ1) is 26.7. The molecule has 0 amide bonds. The summed E-state index contributed by atoms with van der Waals surface area (Å²) in [6.45, 7) is 0. The van der Waals surface area contributed by atoms with Crippen LogP contribution in [0.4, 0.5) is 0 Å². The molecule has 3 heterocycles. The number of rotatable bonds is 5. The number of thiophene rings is 2. The van der Waals surface area contributed by atoms with Crippen molar-refractivity contribution < 1.29 is 0 Å². The van der Waals surface area contributed by atoms with Crippen LogP contribution in [0.2, 0.25) is 0 Å². The van der Waals surface area contributed by atoms with Crippen LogP contribution in [0, 0.1) is 0 Å². The van der Waals surface area contributed by atoms with Gasteiger partial charge in [-0.1, -0.05) is 140 Å². The van der Waals surface area contributed by atoms with Gasteiger partial charge in [-0.15, -0.1) is 22.7 Å². The quantitative estimate of drug-likeness (QED) is 0.177. The van der Waals surface area contributed by atoms with E-state index in [2.05, 4.69) is 176 Å². The largest absolute Gasteiger partial charge is 0.208 e. The molecule has 5 heteroatoms. The fourth-order valence-corrected chi connectivity index (χ4v) is 10.1. The molecule has 0 bridgehead atoms. The van der Waals surface area contributed by atoms with Gasteiger partial charge in [0.1, 0.15) is 0 Å². The summed E-state index contributed by atoms with van der Waals surface area (Å²) in [5, 5.41) is 7.39. The molecule has 0 atom stereocenters. The summed E-state index contributed by atoms with van der Waals surface area (Å²) in [4.78, 5) is 15.7. The molecular weight excluding hydrogens is 695 g/mol. The predicted molar refractivity (Wildman–Crippen MR) is 230 cm³/mol. The van der Waals surface area contributed by atoms with E-state index in [4.69, 9.17) is 15.0 Å². The Morgan fingerprint density at radius 1 is 0.296 bits per heavy atom. The molecule has 8 aromatic carbocycles. The van der Waals surface area contributed by atoms with E-state index in [-0.39, 0.29) is 0 Å². The third kappa shape index (κ3) is 5.12. The van der Waals surface area contributed by atoms with Crippen LogP contribution in [0.1, 0.15) is 0 Å². The van der Waals surface area contributed by atoms with Gasteiger partial charge in [-0.05, 0) is 69.4 Å². The van der Waals surface area contributed by atoms with Crippen molar-refractivity contribution in [2.24, 2.45) is 0 Å². The van der Waals surface area contributed by atoms with Crippen LogP contribution in [0.15, 0.2) is 176 Å². The highest BCUT2D eigenvalue weighted by Crippen LogP contribution is 2.42. The molecule has 0 N–H and O–H groups in total. The van der Waals surface area contributed by atoms with Crippen LogP contribution >= 0.6 is 22.7 Å². The zero-order valence-electron chi connectivity index (χ0n) is 28.9. The minimum atomic E-state index is 0.642. The lowest BCUT2D eigenvalue weighted by Gasteiger charge is -2.12. The molecule has 0 aliphatic rings. The fourth-order valence-electron chi connectivity index (χ4n) is 7.86. The van der Waals surface area contributed by atoms with Gasteiger partial charge in [0, 0.05) is 57.0 Å². The highest BCUT2D eigenvalue weighted by atomic mass is 32.1. The second-order valence-corrected chi connectivity index (χ2v) is 15.7. The SMILES string of the molecule is c1cc(-c2nc(-c3cccc(-c4cccc5sc6ccccc6c45)c3)nc(-c3cccc4ccccc34)n2)cc(-c2cccc3sc4ccccc4c23)c1. The van der Waals surface area contributed by atoms with Crippen LogP contribution in [-0.2, 0) is 0 Å². The van der Waals surface area contributed by atoms with Gasteiger partial charge in [0.15, 0.2) is 17.5 Å². The number of aromatic nitrogens is 3. The summed E-state index contributed by atoms with van der Waals surface area (Å²) < 4.78 is 5.16. The second kappa shape index (κ2) is 12.6. The molecule has 11 rings (SSSR count). The second-order valence-electron chi connectivity index (χ2n) is 13.5.